The van der Waals surface area contributed by atoms with Gasteiger partial charge in [0.15, 0.2) is 11.5 Å². The zero-order valence-electron chi connectivity index (χ0n) is 28.7. The van der Waals surface area contributed by atoms with Crippen LogP contribution in [0.2, 0.25) is 0 Å². The van der Waals surface area contributed by atoms with Gasteiger partial charge in [-0.1, -0.05) is 83.1 Å². The molecule has 0 spiro atoms. The molecule has 1 aromatic carbocycles. The predicted molar refractivity (Wildman–Crippen MR) is 181 cm³/mol. The second-order valence-corrected chi connectivity index (χ2v) is 15.3. The van der Waals surface area contributed by atoms with E-state index in [-0.39, 0.29) is 11.3 Å². The Balaban J connectivity index is 1.37. The van der Waals surface area contributed by atoms with Gasteiger partial charge in [-0.25, -0.2) is 4.79 Å². The molecule has 4 aliphatic carbocycles. The first-order valence-electron chi connectivity index (χ1n) is 17.2. The molecule has 0 heterocycles. The highest BCUT2D eigenvalue weighted by Gasteiger charge is 2.57. The third kappa shape index (κ3) is 6.33. The highest BCUT2D eigenvalue weighted by Crippen LogP contribution is 2.66. The summed E-state index contributed by atoms with van der Waals surface area (Å²) in [6.07, 6.45) is 19.3. The Morgan fingerprint density at radius 2 is 1.71 bits per heavy atom. The number of allylic oxidation sites excluding steroid dienone is 6. The largest absolute Gasteiger partial charge is 0.493 e. The van der Waals surface area contributed by atoms with Crippen molar-refractivity contribution in [3.8, 4) is 11.5 Å². The van der Waals surface area contributed by atoms with Crippen LogP contribution in [0.25, 0.3) is 6.08 Å². The summed E-state index contributed by atoms with van der Waals surface area (Å²) in [5, 5.41) is 10.3. The molecule has 0 aromatic heterocycles. The minimum Gasteiger partial charge on any atom is -0.493 e. The van der Waals surface area contributed by atoms with Crippen LogP contribution in [-0.4, -0.2) is 24.2 Å². The number of esters is 1. The van der Waals surface area contributed by atoms with E-state index in [4.69, 9.17) is 9.47 Å². The topological polar surface area (TPSA) is 72.8 Å². The summed E-state index contributed by atoms with van der Waals surface area (Å²) >= 11 is 0. The summed E-state index contributed by atoms with van der Waals surface area (Å²) in [5.41, 5.74) is 4.68. The molecule has 244 valence electrons. The lowest BCUT2D eigenvalue weighted by atomic mass is 9.49. The molecule has 2 unspecified atom stereocenters. The lowest BCUT2D eigenvalue weighted by Crippen LogP contribution is -2.46. The highest BCUT2D eigenvalue weighted by molar-refractivity contribution is 5.93. The fraction of sp³-hybridized carbons (Fsp3) is 0.600. The molecule has 0 bridgehead atoms. The van der Waals surface area contributed by atoms with Crippen LogP contribution in [0.15, 0.2) is 59.2 Å². The van der Waals surface area contributed by atoms with Crippen molar-refractivity contribution >= 4 is 18.0 Å². The third-order valence-corrected chi connectivity index (χ3v) is 12.5. The monoisotopic (exact) mass is 614 g/mol. The molecule has 5 rings (SSSR count). The normalized spacial score (nSPS) is 32.6. The second-order valence-electron chi connectivity index (χ2n) is 15.3. The van der Waals surface area contributed by atoms with Gasteiger partial charge in [0.25, 0.3) is 0 Å². The molecule has 0 radical (unpaired) electrons. The molecule has 0 amide bonds. The Bertz CT molecular complexity index is 1430. The summed E-state index contributed by atoms with van der Waals surface area (Å²) in [6, 6.07) is 5.17. The van der Waals surface area contributed by atoms with Crippen LogP contribution >= 0.6 is 0 Å². The number of carbonyl (C=O) groups excluding carboxylic acids is 1. The van der Waals surface area contributed by atoms with E-state index in [0.29, 0.717) is 52.1 Å². The van der Waals surface area contributed by atoms with Crippen molar-refractivity contribution < 1.29 is 24.2 Å². The Kier molecular flexibility index (Phi) is 9.59. The molecule has 1 aromatic rings. The number of carbonyl (C=O) groups is 2. The van der Waals surface area contributed by atoms with E-state index < -0.39 is 11.9 Å². The quantitative estimate of drug-likeness (QED) is 0.130. The summed E-state index contributed by atoms with van der Waals surface area (Å²) in [4.78, 5) is 24.1. The number of aliphatic carboxylic acids is 1. The standard InChI is InChI=1S/C40H54O5/c1-24(2)25(3)9-10-26(4)33-14-15-34-31-13-12-30-23-29(17-19-39(30,6)35(31)18-20-40(33,34)7)32(38(42)43)21-28-11-16-36(45-27(5)41)37(22-28)44-8/h9-13,16,21-22,24-26,29,33-35H,14-15,17-20,23H2,1-8H3,(H,42,43)/t25-,26+,29-,33+,34?,35?,39-,40+/m0/s1. The molecule has 0 saturated heterocycles. The van der Waals surface area contributed by atoms with Crippen molar-refractivity contribution in [2.24, 2.45) is 52.3 Å². The Hall–Kier alpha value is -3.08. The van der Waals surface area contributed by atoms with E-state index in [2.05, 4.69) is 65.8 Å². The van der Waals surface area contributed by atoms with E-state index >= 15 is 0 Å². The minimum absolute atomic E-state index is 0.0542. The van der Waals surface area contributed by atoms with Gasteiger partial charge in [0.2, 0.25) is 0 Å². The molecule has 3 fully saturated rings. The number of carboxylic acids is 1. The first kappa shape index (κ1) is 33.3. The van der Waals surface area contributed by atoms with Gasteiger partial charge >= 0.3 is 11.9 Å². The number of hydrogen-bond donors (Lipinski definition) is 1. The van der Waals surface area contributed by atoms with E-state index in [9.17, 15) is 14.7 Å². The molecule has 45 heavy (non-hydrogen) atoms. The molecule has 0 aliphatic heterocycles. The summed E-state index contributed by atoms with van der Waals surface area (Å²) in [7, 11) is 1.51. The van der Waals surface area contributed by atoms with Crippen molar-refractivity contribution in [2.45, 2.75) is 93.4 Å². The number of fused-ring (bicyclic) bond motifs is 5. The van der Waals surface area contributed by atoms with Gasteiger partial charge in [0, 0.05) is 12.5 Å². The molecule has 1 N–H and O–H groups in total. The van der Waals surface area contributed by atoms with Crippen molar-refractivity contribution in [2.75, 3.05) is 7.11 Å². The van der Waals surface area contributed by atoms with Crippen LogP contribution in [0.1, 0.15) is 99.0 Å². The molecule has 5 heteroatoms. The maximum Gasteiger partial charge on any atom is 0.331 e. The molecule has 3 saturated carbocycles. The van der Waals surface area contributed by atoms with Crippen LogP contribution < -0.4 is 9.47 Å². The number of benzene rings is 1. The predicted octanol–water partition coefficient (Wildman–Crippen LogP) is 9.69. The van der Waals surface area contributed by atoms with Crippen molar-refractivity contribution in [1.29, 1.82) is 0 Å². The number of rotatable bonds is 9. The van der Waals surface area contributed by atoms with Gasteiger partial charge in [-0.15, -0.1) is 0 Å². The van der Waals surface area contributed by atoms with E-state index in [1.807, 2.05) is 0 Å². The molecular weight excluding hydrogens is 560 g/mol. The van der Waals surface area contributed by atoms with Crippen molar-refractivity contribution in [3.63, 3.8) is 0 Å². The van der Waals surface area contributed by atoms with Gasteiger partial charge in [-0.3, -0.25) is 4.79 Å². The highest BCUT2D eigenvalue weighted by atomic mass is 16.6. The molecule has 8 atom stereocenters. The maximum absolute atomic E-state index is 12.6. The third-order valence-electron chi connectivity index (χ3n) is 12.5. The summed E-state index contributed by atoms with van der Waals surface area (Å²) in [5.74, 6) is 3.16. The average molecular weight is 615 g/mol. The second kappa shape index (κ2) is 13.0. The zero-order chi connectivity index (χ0) is 32.7. The first-order chi connectivity index (χ1) is 21.3. The molecular formula is C40H54O5. The smallest absolute Gasteiger partial charge is 0.331 e. The Morgan fingerprint density at radius 1 is 0.956 bits per heavy atom. The van der Waals surface area contributed by atoms with Crippen molar-refractivity contribution in [3.05, 3.63) is 64.8 Å². The number of ether oxygens (including phenoxy) is 2. The van der Waals surface area contributed by atoms with Gasteiger partial charge in [0.1, 0.15) is 0 Å². The van der Waals surface area contributed by atoms with Crippen LogP contribution in [0.3, 0.4) is 0 Å². The Morgan fingerprint density at radius 3 is 2.38 bits per heavy atom. The van der Waals surface area contributed by atoms with E-state index in [0.717, 1.165) is 30.7 Å². The molecule has 4 aliphatic rings. The maximum atomic E-state index is 12.6. The fourth-order valence-corrected chi connectivity index (χ4v) is 9.43. The summed E-state index contributed by atoms with van der Waals surface area (Å²) in [6.45, 7) is 15.8. The first-order valence-corrected chi connectivity index (χ1v) is 17.2. The van der Waals surface area contributed by atoms with Crippen LogP contribution in [0, 0.1) is 52.3 Å². The zero-order valence-corrected chi connectivity index (χ0v) is 28.7. The van der Waals surface area contributed by atoms with Crippen molar-refractivity contribution in [1.82, 2.24) is 0 Å². The Labute approximate surface area is 270 Å². The number of carboxylic acid groups (broad SMARTS) is 1. The van der Waals surface area contributed by atoms with Crippen LogP contribution in [0.4, 0.5) is 0 Å². The minimum atomic E-state index is -0.879. The summed E-state index contributed by atoms with van der Waals surface area (Å²) < 4.78 is 10.7. The molecule has 5 nitrogen and oxygen atoms in total. The van der Waals surface area contributed by atoms with Crippen LogP contribution in [0.5, 0.6) is 11.5 Å². The number of hydrogen-bond acceptors (Lipinski definition) is 4. The van der Waals surface area contributed by atoms with Gasteiger partial charge < -0.3 is 14.6 Å². The lowest BCUT2D eigenvalue weighted by Gasteiger charge is -2.55. The SMILES string of the molecule is COc1cc(C=C(C(=O)O)[C@H]2CC[C@@]3(C)C(=CC=C4C3CC[C@@]3(C)C4CC[C@@H]3[C@H](C)C=C[C@H](C)C(C)C)C2)ccc1OC(C)=O. The van der Waals surface area contributed by atoms with Gasteiger partial charge in [-0.2, -0.15) is 0 Å². The van der Waals surface area contributed by atoms with Gasteiger partial charge in [0.05, 0.1) is 7.11 Å². The average Bonchev–Trinajstić information content (AvgIpc) is 3.35. The fourth-order valence-electron chi connectivity index (χ4n) is 9.43. The van der Waals surface area contributed by atoms with Crippen LogP contribution in [-0.2, 0) is 9.59 Å². The van der Waals surface area contributed by atoms with Gasteiger partial charge in [-0.05, 0) is 121 Å². The lowest BCUT2D eigenvalue weighted by molar-refractivity contribution is -0.133. The number of methoxy groups -OCH3 is 1. The van der Waals surface area contributed by atoms with E-state index in [1.165, 1.54) is 45.3 Å². The van der Waals surface area contributed by atoms with E-state index in [1.54, 1.807) is 29.8 Å².